The topological polar surface area (TPSA) is 66.9 Å². The highest BCUT2D eigenvalue weighted by atomic mass is 32.1. The number of nitrogens with one attached hydrogen (secondary N) is 1. The molecule has 0 bridgehead atoms. The summed E-state index contributed by atoms with van der Waals surface area (Å²) in [5.74, 6) is 0.489. The Hall–Kier alpha value is -1.93. The molecule has 7 nitrogen and oxygen atoms in total. The third-order valence-corrected chi connectivity index (χ3v) is 3.28. The Morgan fingerprint density at radius 3 is 2.76 bits per heavy atom. The number of aromatic nitrogens is 1. The number of ether oxygens (including phenoxy) is 1. The van der Waals surface area contributed by atoms with Crippen molar-refractivity contribution in [3.63, 3.8) is 0 Å². The molecule has 2 heterocycles. The highest BCUT2D eigenvalue weighted by Gasteiger charge is 2.18. The van der Waals surface area contributed by atoms with Gasteiger partial charge in [-0.1, -0.05) is 0 Å². The summed E-state index contributed by atoms with van der Waals surface area (Å²) in [6, 6.07) is 3.73. The van der Waals surface area contributed by atoms with Gasteiger partial charge < -0.3 is 9.64 Å². The first-order chi connectivity index (χ1) is 10.2. The highest BCUT2D eigenvalue weighted by molar-refractivity contribution is 7.80. The Morgan fingerprint density at radius 2 is 2.29 bits per heavy atom. The maximum absolute atomic E-state index is 11.4. The molecule has 1 aromatic rings. The van der Waals surface area contributed by atoms with Crippen molar-refractivity contribution in [2.45, 2.75) is 13.3 Å². The molecule has 1 aliphatic heterocycles. The van der Waals surface area contributed by atoms with Crippen LogP contribution < -0.4 is 15.3 Å². The summed E-state index contributed by atoms with van der Waals surface area (Å²) in [5, 5.41) is 3.74. The van der Waals surface area contributed by atoms with E-state index >= 15 is 0 Å². The van der Waals surface area contributed by atoms with Crippen LogP contribution in [0.4, 0.5) is 16.3 Å². The van der Waals surface area contributed by atoms with E-state index in [0.717, 1.165) is 18.8 Å². The number of amides is 1. The van der Waals surface area contributed by atoms with Gasteiger partial charge in [0.25, 0.3) is 0 Å². The number of carbonyl (C=O) groups excluding carboxylic acids is 1. The minimum Gasteiger partial charge on any atom is -0.450 e. The molecule has 0 aliphatic carbocycles. The fourth-order valence-corrected chi connectivity index (χ4v) is 2.10. The Bertz CT molecular complexity index is 505. The molecule has 2 rings (SSSR count). The minimum absolute atomic E-state index is 0.0696. The van der Waals surface area contributed by atoms with Crippen LogP contribution in [-0.4, -0.2) is 43.0 Å². The van der Waals surface area contributed by atoms with E-state index in [1.165, 1.54) is 18.6 Å². The van der Waals surface area contributed by atoms with Gasteiger partial charge in [-0.05, 0) is 37.7 Å². The number of carbonyl (C=O) groups is 1. The second-order valence-electron chi connectivity index (χ2n) is 4.34. The number of alkyl carbamates (subject to hydrolysis) is 1. The lowest BCUT2D eigenvalue weighted by atomic mass is 10.2. The van der Waals surface area contributed by atoms with Gasteiger partial charge in [0.1, 0.15) is 0 Å². The standard InChI is InChI=1S/C13H18N4O3S/c1-3-20-13(18)15-12(21)17(19-2)11-6-5-10(9-14-11)16-7-4-8-16/h5-6,9H,3-4,7-8H2,1-2H3,(H,15,18,21). The summed E-state index contributed by atoms with van der Waals surface area (Å²) in [4.78, 5) is 23.1. The average Bonchev–Trinajstić information content (AvgIpc) is 2.39. The first kappa shape index (κ1) is 15.5. The zero-order valence-corrected chi connectivity index (χ0v) is 12.9. The van der Waals surface area contributed by atoms with E-state index in [2.05, 4.69) is 15.2 Å². The number of nitrogens with zero attached hydrogens (tertiary/aromatic N) is 3. The Balaban J connectivity index is 2.02. The first-order valence-electron chi connectivity index (χ1n) is 6.68. The summed E-state index contributed by atoms with van der Waals surface area (Å²) in [5.41, 5.74) is 1.06. The third-order valence-electron chi connectivity index (χ3n) is 3.01. The summed E-state index contributed by atoms with van der Waals surface area (Å²) in [6.07, 6.45) is 2.34. The fourth-order valence-electron chi connectivity index (χ4n) is 1.85. The van der Waals surface area contributed by atoms with Crippen LogP contribution in [-0.2, 0) is 9.57 Å². The van der Waals surface area contributed by atoms with Crippen LogP contribution in [0.3, 0.4) is 0 Å². The van der Waals surface area contributed by atoms with Crippen molar-refractivity contribution < 1.29 is 14.4 Å². The zero-order chi connectivity index (χ0) is 15.2. The smallest absolute Gasteiger partial charge is 0.413 e. The molecule has 0 spiro atoms. The largest absolute Gasteiger partial charge is 0.450 e. The molecule has 1 saturated heterocycles. The van der Waals surface area contributed by atoms with Crippen molar-refractivity contribution in [2.75, 3.05) is 36.8 Å². The molecule has 1 amide bonds. The SMILES string of the molecule is CCOC(=O)NC(=S)N(OC)c1ccc(N2CCC2)cn1. The number of thiocarbonyl (C=S) groups is 1. The molecule has 0 atom stereocenters. The molecule has 114 valence electrons. The van der Waals surface area contributed by atoms with E-state index < -0.39 is 6.09 Å². The molecule has 0 unspecified atom stereocenters. The van der Waals surface area contributed by atoms with Gasteiger partial charge in [-0.2, -0.15) is 5.06 Å². The van der Waals surface area contributed by atoms with Crippen LogP contribution in [0.5, 0.6) is 0 Å². The fraction of sp³-hybridized carbons (Fsp3) is 0.462. The van der Waals surface area contributed by atoms with Gasteiger partial charge in [-0.3, -0.25) is 10.2 Å². The van der Waals surface area contributed by atoms with E-state index in [1.807, 2.05) is 6.07 Å². The van der Waals surface area contributed by atoms with E-state index in [-0.39, 0.29) is 11.7 Å². The third kappa shape index (κ3) is 3.79. The van der Waals surface area contributed by atoms with Crippen LogP contribution in [0.25, 0.3) is 0 Å². The van der Waals surface area contributed by atoms with Gasteiger partial charge in [0.15, 0.2) is 5.82 Å². The number of anilines is 2. The van der Waals surface area contributed by atoms with Gasteiger partial charge in [-0.25, -0.2) is 9.78 Å². The summed E-state index contributed by atoms with van der Waals surface area (Å²) in [6.45, 7) is 4.09. The van der Waals surface area contributed by atoms with Gasteiger partial charge in [-0.15, -0.1) is 0 Å². The maximum Gasteiger partial charge on any atom is 0.413 e. The number of hydroxylamine groups is 1. The van der Waals surface area contributed by atoms with Crippen molar-refractivity contribution in [3.05, 3.63) is 18.3 Å². The molecule has 1 aliphatic rings. The Morgan fingerprint density at radius 1 is 1.52 bits per heavy atom. The molecule has 0 aromatic carbocycles. The summed E-state index contributed by atoms with van der Waals surface area (Å²) >= 11 is 5.10. The van der Waals surface area contributed by atoms with Crippen molar-refractivity contribution in [1.82, 2.24) is 10.3 Å². The molecule has 21 heavy (non-hydrogen) atoms. The zero-order valence-electron chi connectivity index (χ0n) is 12.0. The van der Waals surface area contributed by atoms with E-state index in [4.69, 9.17) is 21.8 Å². The van der Waals surface area contributed by atoms with E-state index in [0.29, 0.717) is 5.82 Å². The summed E-state index contributed by atoms with van der Waals surface area (Å²) < 4.78 is 4.77. The quantitative estimate of drug-likeness (QED) is 0.670. The van der Waals surface area contributed by atoms with Crippen LogP contribution in [0.15, 0.2) is 18.3 Å². The van der Waals surface area contributed by atoms with Crippen molar-refractivity contribution in [2.24, 2.45) is 0 Å². The summed E-state index contributed by atoms with van der Waals surface area (Å²) in [7, 11) is 1.45. The van der Waals surface area contributed by atoms with Crippen molar-refractivity contribution in [1.29, 1.82) is 0 Å². The number of rotatable bonds is 4. The lowest BCUT2D eigenvalue weighted by molar-refractivity contribution is 0.155. The van der Waals surface area contributed by atoms with Crippen LogP contribution in [0.1, 0.15) is 13.3 Å². The van der Waals surface area contributed by atoms with Crippen LogP contribution in [0.2, 0.25) is 0 Å². The van der Waals surface area contributed by atoms with E-state index in [1.54, 1.807) is 19.2 Å². The minimum atomic E-state index is -0.623. The van der Waals surface area contributed by atoms with Crippen LogP contribution in [0, 0.1) is 0 Å². The van der Waals surface area contributed by atoms with Gasteiger partial charge in [0.2, 0.25) is 5.11 Å². The lowest BCUT2D eigenvalue weighted by Gasteiger charge is -2.33. The Kier molecular flexibility index (Phi) is 5.29. The number of hydrogen-bond donors (Lipinski definition) is 1. The average molecular weight is 310 g/mol. The molecule has 1 N–H and O–H groups in total. The second-order valence-corrected chi connectivity index (χ2v) is 4.73. The Labute approximate surface area is 128 Å². The molecule has 0 radical (unpaired) electrons. The van der Waals surface area contributed by atoms with Crippen LogP contribution >= 0.6 is 12.2 Å². The first-order valence-corrected chi connectivity index (χ1v) is 7.09. The molecule has 1 aromatic heterocycles. The van der Waals surface area contributed by atoms with Gasteiger partial charge in [0, 0.05) is 13.1 Å². The lowest BCUT2D eigenvalue weighted by Crippen LogP contribution is -2.43. The normalized spacial score (nSPS) is 13.3. The molecular weight excluding hydrogens is 292 g/mol. The highest BCUT2D eigenvalue weighted by Crippen LogP contribution is 2.22. The maximum atomic E-state index is 11.4. The molecule has 0 saturated carbocycles. The molecule has 1 fully saturated rings. The monoisotopic (exact) mass is 310 g/mol. The number of hydrogen-bond acceptors (Lipinski definition) is 6. The van der Waals surface area contributed by atoms with Crippen molar-refractivity contribution in [3.8, 4) is 0 Å². The van der Waals surface area contributed by atoms with Gasteiger partial charge in [0.05, 0.1) is 25.6 Å². The van der Waals surface area contributed by atoms with E-state index in [9.17, 15) is 4.79 Å². The predicted octanol–water partition coefficient (Wildman–Crippen LogP) is 1.69. The number of pyridine rings is 1. The van der Waals surface area contributed by atoms with Crippen molar-refractivity contribution >= 4 is 34.9 Å². The second kappa shape index (κ2) is 7.19. The predicted molar refractivity (Wildman–Crippen MR) is 83.3 cm³/mol. The molecule has 8 heteroatoms. The molecular formula is C13H18N4O3S. The van der Waals surface area contributed by atoms with Gasteiger partial charge >= 0.3 is 6.09 Å².